The van der Waals surface area contributed by atoms with Gasteiger partial charge in [-0.05, 0) is 62.1 Å². The number of amides is 3. The molecule has 33 heavy (non-hydrogen) atoms. The molecule has 7 nitrogen and oxygen atoms in total. The summed E-state index contributed by atoms with van der Waals surface area (Å²) in [5.41, 5.74) is 2.77. The summed E-state index contributed by atoms with van der Waals surface area (Å²) in [4.78, 5) is 51.8. The number of ether oxygens (including phenoxy) is 1. The number of fused-ring (bicyclic) bond motifs is 1. The third kappa shape index (κ3) is 4.82. The summed E-state index contributed by atoms with van der Waals surface area (Å²) >= 11 is 0. The molecule has 2 aromatic carbocycles. The molecule has 0 atom stereocenters. The van der Waals surface area contributed by atoms with Crippen LogP contribution in [0.5, 0.6) is 0 Å². The standard InChI is InChI=1S/C26H28N2O5/c1-16-9-10-17(2)22(13-16)28-24(30)20-12-11-18(14-21(20)25(28)31)26(32)33-15-23(29)27-19-7-5-3-4-6-8-19/h9-14,19H,3-8,15H2,1-2H3,(H,27,29). The average Bonchev–Trinajstić information content (AvgIpc) is 2.95. The van der Waals surface area contributed by atoms with Crippen LogP contribution in [0.25, 0.3) is 0 Å². The summed E-state index contributed by atoms with van der Waals surface area (Å²) in [5.74, 6) is -1.95. The Labute approximate surface area is 193 Å². The lowest BCUT2D eigenvalue weighted by atomic mass is 10.1. The molecule has 1 fully saturated rings. The summed E-state index contributed by atoms with van der Waals surface area (Å²) in [6.45, 7) is 3.34. The first-order chi connectivity index (χ1) is 15.8. The molecule has 0 unspecified atom stereocenters. The number of nitrogens with one attached hydrogen (secondary N) is 1. The van der Waals surface area contributed by atoms with Gasteiger partial charge in [0.25, 0.3) is 17.7 Å². The predicted octanol–water partition coefficient (Wildman–Crippen LogP) is 4.10. The summed E-state index contributed by atoms with van der Waals surface area (Å²) in [6, 6.07) is 9.96. The number of aryl methyl sites for hydroxylation is 2. The van der Waals surface area contributed by atoms with Crippen molar-refractivity contribution in [2.45, 2.75) is 58.4 Å². The SMILES string of the molecule is Cc1ccc(C)c(N2C(=O)c3ccc(C(=O)OCC(=O)NC4CCCCCC4)cc3C2=O)c1. The van der Waals surface area contributed by atoms with Crippen LogP contribution in [0, 0.1) is 13.8 Å². The molecule has 3 amide bonds. The first kappa shape index (κ1) is 22.7. The van der Waals surface area contributed by atoms with Crippen molar-refractivity contribution in [2.75, 3.05) is 11.5 Å². The molecule has 7 heteroatoms. The fraction of sp³-hybridized carbons (Fsp3) is 0.385. The molecule has 1 aliphatic heterocycles. The van der Waals surface area contributed by atoms with Crippen molar-refractivity contribution in [3.05, 3.63) is 64.2 Å². The van der Waals surface area contributed by atoms with Crippen molar-refractivity contribution < 1.29 is 23.9 Å². The number of anilines is 1. The molecular weight excluding hydrogens is 420 g/mol. The monoisotopic (exact) mass is 448 g/mol. The van der Waals surface area contributed by atoms with Gasteiger partial charge in [0.2, 0.25) is 0 Å². The minimum Gasteiger partial charge on any atom is -0.452 e. The van der Waals surface area contributed by atoms with Gasteiger partial charge in [0.1, 0.15) is 0 Å². The van der Waals surface area contributed by atoms with Crippen LogP contribution in [0.3, 0.4) is 0 Å². The maximum Gasteiger partial charge on any atom is 0.338 e. The van der Waals surface area contributed by atoms with Gasteiger partial charge < -0.3 is 10.1 Å². The number of nitrogens with zero attached hydrogens (tertiary/aromatic N) is 1. The first-order valence-electron chi connectivity index (χ1n) is 11.4. The van der Waals surface area contributed by atoms with Gasteiger partial charge in [0, 0.05) is 6.04 Å². The van der Waals surface area contributed by atoms with Crippen LogP contribution in [-0.4, -0.2) is 36.3 Å². The predicted molar refractivity (Wildman–Crippen MR) is 123 cm³/mol. The second kappa shape index (κ2) is 9.57. The molecule has 1 N–H and O–H groups in total. The molecule has 0 aromatic heterocycles. The Morgan fingerprint density at radius 3 is 2.36 bits per heavy atom. The number of carbonyl (C=O) groups excluding carboxylic acids is 4. The van der Waals surface area contributed by atoms with Crippen molar-refractivity contribution in [3.8, 4) is 0 Å². The second-order valence-electron chi connectivity index (χ2n) is 8.83. The van der Waals surface area contributed by atoms with Gasteiger partial charge in [-0.2, -0.15) is 0 Å². The second-order valence-corrected chi connectivity index (χ2v) is 8.83. The Morgan fingerprint density at radius 2 is 1.64 bits per heavy atom. The molecule has 1 heterocycles. The van der Waals surface area contributed by atoms with Crippen molar-refractivity contribution >= 4 is 29.4 Å². The fourth-order valence-corrected chi connectivity index (χ4v) is 4.45. The van der Waals surface area contributed by atoms with E-state index in [9.17, 15) is 19.2 Å². The number of carbonyl (C=O) groups is 4. The van der Waals surface area contributed by atoms with Crippen LogP contribution in [0.15, 0.2) is 36.4 Å². The molecule has 0 saturated heterocycles. The topological polar surface area (TPSA) is 92.8 Å². The van der Waals surface area contributed by atoms with Gasteiger partial charge in [-0.15, -0.1) is 0 Å². The Kier molecular flexibility index (Phi) is 6.58. The van der Waals surface area contributed by atoms with Crippen LogP contribution < -0.4 is 10.2 Å². The number of benzene rings is 2. The third-order valence-corrected chi connectivity index (χ3v) is 6.28. The minimum atomic E-state index is -0.709. The van der Waals surface area contributed by atoms with E-state index in [4.69, 9.17) is 4.74 Å². The fourth-order valence-electron chi connectivity index (χ4n) is 4.45. The van der Waals surface area contributed by atoms with Crippen molar-refractivity contribution in [3.63, 3.8) is 0 Å². The highest BCUT2D eigenvalue weighted by Crippen LogP contribution is 2.32. The van der Waals surface area contributed by atoms with Gasteiger partial charge in [-0.3, -0.25) is 14.4 Å². The van der Waals surface area contributed by atoms with Gasteiger partial charge in [0.15, 0.2) is 6.61 Å². The summed E-state index contributed by atoms with van der Waals surface area (Å²) in [6.07, 6.45) is 6.43. The highest BCUT2D eigenvalue weighted by Gasteiger charge is 2.38. The number of rotatable bonds is 5. The van der Waals surface area contributed by atoms with Gasteiger partial charge in [-0.1, -0.05) is 37.8 Å². The summed E-state index contributed by atoms with van der Waals surface area (Å²) in [7, 11) is 0. The smallest absolute Gasteiger partial charge is 0.338 e. The molecule has 1 saturated carbocycles. The zero-order valence-electron chi connectivity index (χ0n) is 19.0. The Balaban J connectivity index is 1.43. The highest BCUT2D eigenvalue weighted by molar-refractivity contribution is 6.35. The lowest BCUT2D eigenvalue weighted by Crippen LogP contribution is -2.37. The first-order valence-corrected chi connectivity index (χ1v) is 11.4. The van der Waals surface area contributed by atoms with Gasteiger partial charge in [-0.25, -0.2) is 9.69 Å². The molecule has 1 aliphatic carbocycles. The maximum atomic E-state index is 13.1. The largest absolute Gasteiger partial charge is 0.452 e. The number of hydrogen-bond donors (Lipinski definition) is 1. The zero-order valence-corrected chi connectivity index (χ0v) is 19.0. The van der Waals surface area contributed by atoms with Crippen LogP contribution in [0.1, 0.15) is 80.7 Å². The summed E-state index contributed by atoms with van der Waals surface area (Å²) < 4.78 is 5.17. The van der Waals surface area contributed by atoms with Crippen LogP contribution in [0.4, 0.5) is 5.69 Å². The normalized spacial score (nSPS) is 16.4. The van der Waals surface area contributed by atoms with Crippen molar-refractivity contribution in [2.24, 2.45) is 0 Å². The van der Waals surface area contributed by atoms with E-state index in [2.05, 4.69) is 5.32 Å². The van der Waals surface area contributed by atoms with Crippen LogP contribution in [-0.2, 0) is 9.53 Å². The molecular formula is C26H28N2O5. The summed E-state index contributed by atoms with van der Waals surface area (Å²) in [5, 5.41) is 2.93. The van der Waals surface area contributed by atoms with Crippen molar-refractivity contribution in [1.29, 1.82) is 0 Å². The van der Waals surface area contributed by atoms with E-state index in [0.29, 0.717) is 5.69 Å². The van der Waals surface area contributed by atoms with Gasteiger partial charge >= 0.3 is 5.97 Å². The molecule has 2 aromatic rings. The lowest BCUT2D eigenvalue weighted by molar-refractivity contribution is -0.125. The van der Waals surface area contributed by atoms with Crippen LogP contribution >= 0.6 is 0 Å². The quantitative estimate of drug-likeness (QED) is 0.422. The number of hydrogen-bond acceptors (Lipinski definition) is 5. The maximum absolute atomic E-state index is 13.1. The molecule has 4 rings (SSSR count). The van der Waals surface area contributed by atoms with E-state index in [0.717, 1.165) is 41.7 Å². The third-order valence-electron chi connectivity index (χ3n) is 6.28. The van der Waals surface area contributed by atoms with E-state index in [1.807, 2.05) is 26.0 Å². The number of esters is 1. The van der Waals surface area contributed by atoms with Crippen LogP contribution in [0.2, 0.25) is 0 Å². The molecule has 0 radical (unpaired) electrons. The van der Waals surface area contributed by atoms with Gasteiger partial charge in [0.05, 0.1) is 22.4 Å². The minimum absolute atomic E-state index is 0.124. The highest BCUT2D eigenvalue weighted by atomic mass is 16.5. The molecule has 2 aliphatic rings. The zero-order chi connectivity index (χ0) is 23.5. The van der Waals surface area contributed by atoms with Crippen molar-refractivity contribution in [1.82, 2.24) is 5.32 Å². The van der Waals surface area contributed by atoms with E-state index in [1.54, 1.807) is 6.07 Å². The molecule has 0 bridgehead atoms. The average molecular weight is 449 g/mol. The Bertz CT molecular complexity index is 1120. The number of imide groups is 1. The lowest BCUT2D eigenvalue weighted by Gasteiger charge is -2.17. The Morgan fingerprint density at radius 1 is 0.939 bits per heavy atom. The molecule has 172 valence electrons. The van der Waals surface area contributed by atoms with E-state index in [1.165, 1.54) is 31.0 Å². The Hall–Kier alpha value is -3.48. The van der Waals surface area contributed by atoms with E-state index < -0.39 is 17.8 Å². The van der Waals surface area contributed by atoms with E-state index in [-0.39, 0.29) is 35.2 Å². The molecule has 0 spiro atoms. The van der Waals surface area contributed by atoms with E-state index >= 15 is 0 Å².